The molecular formula is C15H20N4O. The van der Waals surface area contributed by atoms with Gasteiger partial charge in [-0.3, -0.25) is 9.78 Å². The molecule has 2 aliphatic heterocycles. The highest BCUT2D eigenvalue weighted by Crippen LogP contribution is 2.31. The number of rotatable bonds is 3. The molecule has 3 rings (SSSR count). The summed E-state index contributed by atoms with van der Waals surface area (Å²) < 4.78 is 0. The van der Waals surface area contributed by atoms with Crippen LogP contribution in [-0.2, 0) is 4.79 Å². The third-order valence-electron chi connectivity index (χ3n) is 4.29. The number of hydrogen-bond acceptors (Lipinski definition) is 3. The predicted octanol–water partition coefficient (Wildman–Crippen LogP) is 2.22. The highest BCUT2D eigenvalue weighted by molar-refractivity contribution is 5.96. The van der Waals surface area contributed by atoms with Crippen LogP contribution in [0.3, 0.4) is 0 Å². The Bertz CT molecular complexity index is 557. The van der Waals surface area contributed by atoms with Crippen LogP contribution in [0.25, 0.3) is 11.3 Å². The minimum Gasteiger partial charge on any atom is -0.360 e. The first-order valence-electron chi connectivity index (χ1n) is 7.20. The molecule has 1 amide bonds. The number of nitrogens with one attached hydrogen (secondary N) is 2. The summed E-state index contributed by atoms with van der Waals surface area (Å²) in [6.45, 7) is 0.739. The van der Waals surface area contributed by atoms with Gasteiger partial charge < -0.3 is 16.0 Å². The van der Waals surface area contributed by atoms with Crippen molar-refractivity contribution in [1.82, 2.24) is 9.97 Å². The Morgan fingerprint density at radius 1 is 1.35 bits per heavy atom. The van der Waals surface area contributed by atoms with Gasteiger partial charge in [0.15, 0.2) is 0 Å². The smallest absolute Gasteiger partial charge is 0.227 e. The summed E-state index contributed by atoms with van der Waals surface area (Å²) >= 11 is 0. The average Bonchev–Trinajstić information content (AvgIpc) is 2.97. The molecule has 106 valence electrons. The van der Waals surface area contributed by atoms with Crippen molar-refractivity contribution in [3.8, 4) is 11.3 Å². The molecule has 3 aliphatic rings. The number of H-pyrrole nitrogens is 1. The molecule has 0 atom stereocenters. The number of nitrogens with two attached hydrogens (primary N) is 1. The largest absolute Gasteiger partial charge is 0.360 e. The summed E-state index contributed by atoms with van der Waals surface area (Å²) in [6.07, 6.45) is 9.36. The Kier molecular flexibility index (Phi) is 3.69. The second kappa shape index (κ2) is 5.63. The number of hydrogen-bond donors (Lipinski definition) is 3. The molecule has 2 heterocycles. The number of anilines is 1. The van der Waals surface area contributed by atoms with Gasteiger partial charge >= 0.3 is 0 Å². The average molecular weight is 272 g/mol. The number of carbonyl (C=O) groups excluding carboxylic acids is 1. The topological polar surface area (TPSA) is 83.8 Å². The van der Waals surface area contributed by atoms with Gasteiger partial charge in [0.2, 0.25) is 5.91 Å². The van der Waals surface area contributed by atoms with Gasteiger partial charge in [0, 0.05) is 23.9 Å². The third kappa shape index (κ3) is 2.54. The lowest BCUT2D eigenvalue weighted by Gasteiger charge is -2.27. The number of aromatic amines is 1. The van der Waals surface area contributed by atoms with E-state index >= 15 is 0 Å². The number of carbonyl (C=O) groups is 1. The van der Waals surface area contributed by atoms with Gasteiger partial charge in [-0.2, -0.15) is 0 Å². The molecule has 0 unspecified atom stereocenters. The normalized spacial score (nSPS) is 22.9. The lowest BCUT2D eigenvalue weighted by Crippen LogP contribution is -2.29. The monoisotopic (exact) mass is 272 g/mol. The number of fused-ring (bicyclic) bond motifs is 1. The van der Waals surface area contributed by atoms with E-state index in [0.29, 0.717) is 5.92 Å². The van der Waals surface area contributed by atoms with Crippen molar-refractivity contribution in [3.05, 3.63) is 24.7 Å². The number of aromatic nitrogens is 2. The fourth-order valence-corrected chi connectivity index (χ4v) is 2.96. The quantitative estimate of drug-likeness (QED) is 0.801. The molecule has 1 fully saturated rings. The van der Waals surface area contributed by atoms with E-state index in [9.17, 15) is 4.79 Å². The van der Waals surface area contributed by atoms with Crippen LogP contribution in [0.15, 0.2) is 24.7 Å². The SMILES string of the molecule is NCC1CCC(C(=O)Nc2cc[nH]c3cncc2-3)CC1. The summed E-state index contributed by atoms with van der Waals surface area (Å²) in [5, 5.41) is 3.04. The van der Waals surface area contributed by atoms with Gasteiger partial charge in [0.05, 0.1) is 17.6 Å². The van der Waals surface area contributed by atoms with Crippen LogP contribution < -0.4 is 11.1 Å². The van der Waals surface area contributed by atoms with Gasteiger partial charge in [0.25, 0.3) is 0 Å². The number of pyridine rings is 1. The molecule has 1 aliphatic carbocycles. The van der Waals surface area contributed by atoms with Crippen molar-refractivity contribution in [3.63, 3.8) is 0 Å². The van der Waals surface area contributed by atoms with Gasteiger partial charge in [-0.1, -0.05) is 0 Å². The van der Waals surface area contributed by atoms with E-state index < -0.39 is 0 Å². The minimum absolute atomic E-state index is 0.111. The van der Waals surface area contributed by atoms with Crippen LogP contribution in [0.1, 0.15) is 25.7 Å². The van der Waals surface area contributed by atoms with Crippen molar-refractivity contribution >= 4 is 11.6 Å². The van der Waals surface area contributed by atoms with Crippen molar-refractivity contribution in [2.45, 2.75) is 25.7 Å². The molecule has 20 heavy (non-hydrogen) atoms. The zero-order valence-electron chi connectivity index (χ0n) is 11.4. The fraction of sp³-hybridized carbons (Fsp3) is 0.467. The van der Waals surface area contributed by atoms with Crippen molar-refractivity contribution in [1.29, 1.82) is 0 Å². The fourth-order valence-electron chi connectivity index (χ4n) is 2.96. The van der Waals surface area contributed by atoms with Crippen molar-refractivity contribution in [2.24, 2.45) is 17.6 Å². The molecule has 0 aromatic carbocycles. The molecule has 0 bridgehead atoms. The van der Waals surface area contributed by atoms with Gasteiger partial charge in [-0.25, -0.2) is 0 Å². The van der Waals surface area contributed by atoms with Gasteiger partial charge in [-0.05, 0) is 44.2 Å². The Labute approximate surface area is 118 Å². The van der Waals surface area contributed by atoms with E-state index in [2.05, 4.69) is 15.3 Å². The Morgan fingerprint density at radius 2 is 2.15 bits per heavy atom. The van der Waals surface area contributed by atoms with Crippen molar-refractivity contribution in [2.75, 3.05) is 11.9 Å². The van der Waals surface area contributed by atoms with Crippen LogP contribution in [0.4, 0.5) is 5.69 Å². The molecule has 0 radical (unpaired) electrons. The van der Waals surface area contributed by atoms with Crippen molar-refractivity contribution < 1.29 is 4.79 Å². The molecule has 4 N–H and O–H groups in total. The summed E-state index contributed by atoms with van der Waals surface area (Å²) in [6, 6.07) is 1.88. The van der Waals surface area contributed by atoms with E-state index in [1.54, 1.807) is 12.4 Å². The van der Waals surface area contributed by atoms with E-state index in [0.717, 1.165) is 49.2 Å². The molecule has 5 heteroatoms. The molecule has 0 saturated heterocycles. The van der Waals surface area contributed by atoms with Crippen LogP contribution in [0.5, 0.6) is 0 Å². The Balaban J connectivity index is 1.66. The number of amides is 1. The Hall–Kier alpha value is -1.88. The first kappa shape index (κ1) is 13.1. The molecule has 0 aromatic rings. The highest BCUT2D eigenvalue weighted by Gasteiger charge is 2.26. The van der Waals surface area contributed by atoms with Gasteiger partial charge in [0.1, 0.15) is 0 Å². The summed E-state index contributed by atoms with van der Waals surface area (Å²) in [4.78, 5) is 19.6. The summed E-state index contributed by atoms with van der Waals surface area (Å²) in [5.41, 5.74) is 8.42. The van der Waals surface area contributed by atoms with E-state index in [1.807, 2.05) is 12.3 Å². The maximum atomic E-state index is 12.4. The van der Waals surface area contributed by atoms with E-state index in [4.69, 9.17) is 5.73 Å². The zero-order valence-corrected chi connectivity index (χ0v) is 11.4. The summed E-state index contributed by atoms with van der Waals surface area (Å²) in [5.74, 6) is 0.825. The van der Waals surface area contributed by atoms with Gasteiger partial charge in [-0.15, -0.1) is 0 Å². The molecule has 0 spiro atoms. The van der Waals surface area contributed by atoms with Crippen LogP contribution in [0.2, 0.25) is 0 Å². The summed E-state index contributed by atoms with van der Waals surface area (Å²) in [7, 11) is 0. The molecular weight excluding hydrogens is 252 g/mol. The lowest BCUT2D eigenvalue weighted by atomic mass is 9.81. The highest BCUT2D eigenvalue weighted by atomic mass is 16.1. The van der Waals surface area contributed by atoms with E-state index in [-0.39, 0.29) is 11.8 Å². The second-order valence-corrected chi connectivity index (χ2v) is 5.57. The maximum Gasteiger partial charge on any atom is 0.227 e. The standard InChI is InChI=1S/C15H20N4O/c16-7-10-1-3-11(4-2-10)15(20)19-13-5-6-18-14-9-17-8-12(13)14/h5-6,8-11,18H,1-4,7,16H2,(H,19,20). The van der Waals surface area contributed by atoms with Crippen LogP contribution in [0, 0.1) is 11.8 Å². The molecule has 1 saturated carbocycles. The maximum absolute atomic E-state index is 12.4. The van der Waals surface area contributed by atoms with E-state index in [1.165, 1.54) is 0 Å². The zero-order chi connectivity index (χ0) is 13.9. The molecule has 0 aromatic heterocycles. The number of nitrogens with zero attached hydrogens (tertiary/aromatic N) is 1. The first-order valence-corrected chi connectivity index (χ1v) is 7.20. The minimum atomic E-state index is 0.111. The third-order valence-corrected chi connectivity index (χ3v) is 4.29. The lowest BCUT2D eigenvalue weighted by molar-refractivity contribution is -0.121. The van der Waals surface area contributed by atoms with Crippen LogP contribution >= 0.6 is 0 Å². The second-order valence-electron chi connectivity index (χ2n) is 5.57. The van der Waals surface area contributed by atoms with Crippen LogP contribution in [-0.4, -0.2) is 22.4 Å². The first-order chi connectivity index (χ1) is 9.78. The molecule has 5 nitrogen and oxygen atoms in total. The predicted molar refractivity (Wildman–Crippen MR) is 78.3 cm³/mol. The Morgan fingerprint density at radius 3 is 2.90 bits per heavy atom.